The molecule has 2 aliphatic heterocycles. The van der Waals surface area contributed by atoms with Crippen LogP contribution < -0.4 is 10.1 Å². The number of rotatable bonds is 0. The molecule has 0 atom stereocenters. The predicted octanol–water partition coefficient (Wildman–Crippen LogP) is 2.01. The van der Waals surface area contributed by atoms with Crippen LogP contribution in [0.1, 0.15) is 24.0 Å². The average Bonchev–Trinajstić information content (AvgIpc) is 2.60. The summed E-state index contributed by atoms with van der Waals surface area (Å²) in [6, 6.07) is 6.41. The maximum absolute atomic E-state index is 5.84. The van der Waals surface area contributed by atoms with Gasteiger partial charge in [-0.1, -0.05) is 12.1 Å². The van der Waals surface area contributed by atoms with Crippen molar-refractivity contribution in [3.63, 3.8) is 0 Å². The van der Waals surface area contributed by atoms with Crippen molar-refractivity contribution in [1.29, 1.82) is 0 Å². The fourth-order valence-electron chi connectivity index (χ4n) is 3.03. The second kappa shape index (κ2) is 3.24. The molecule has 2 heteroatoms. The SMILES string of the molecule is Cc1cccc2c1C1(CCNCC1)CO2. The van der Waals surface area contributed by atoms with E-state index in [0.29, 0.717) is 5.41 Å². The van der Waals surface area contributed by atoms with Gasteiger partial charge >= 0.3 is 0 Å². The molecule has 0 bridgehead atoms. The van der Waals surface area contributed by atoms with Gasteiger partial charge in [0.25, 0.3) is 0 Å². The van der Waals surface area contributed by atoms with Gasteiger partial charge in [0, 0.05) is 11.0 Å². The first-order chi connectivity index (χ1) is 7.32. The summed E-state index contributed by atoms with van der Waals surface area (Å²) < 4.78 is 5.84. The van der Waals surface area contributed by atoms with Crippen LogP contribution in [-0.2, 0) is 5.41 Å². The Morgan fingerprint density at radius 2 is 2.07 bits per heavy atom. The Morgan fingerprint density at radius 3 is 2.87 bits per heavy atom. The molecule has 1 fully saturated rings. The zero-order chi connectivity index (χ0) is 10.3. The fraction of sp³-hybridized carbons (Fsp3) is 0.538. The minimum absolute atomic E-state index is 0.311. The topological polar surface area (TPSA) is 21.3 Å². The van der Waals surface area contributed by atoms with Crippen LogP contribution >= 0.6 is 0 Å². The summed E-state index contributed by atoms with van der Waals surface area (Å²) in [5, 5.41) is 3.43. The molecule has 2 aliphatic rings. The normalized spacial score (nSPS) is 22.5. The Labute approximate surface area is 90.6 Å². The van der Waals surface area contributed by atoms with Gasteiger partial charge in [-0.2, -0.15) is 0 Å². The summed E-state index contributed by atoms with van der Waals surface area (Å²) in [5.74, 6) is 1.12. The highest BCUT2D eigenvalue weighted by molar-refractivity contribution is 5.48. The molecule has 80 valence electrons. The van der Waals surface area contributed by atoms with E-state index in [-0.39, 0.29) is 0 Å². The minimum atomic E-state index is 0.311. The fourth-order valence-corrected chi connectivity index (χ4v) is 3.03. The summed E-state index contributed by atoms with van der Waals surface area (Å²) in [6.45, 7) is 5.33. The number of benzene rings is 1. The van der Waals surface area contributed by atoms with Gasteiger partial charge in [-0.25, -0.2) is 0 Å². The minimum Gasteiger partial charge on any atom is -0.492 e. The van der Waals surface area contributed by atoms with Gasteiger partial charge < -0.3 is 10.1 Å². The Morgan fingerprint density at radius 1 is 1.27 bits per heavy atom. The molecule has 0 radical (unpaired) electrons. The number of nitrogens with one attached hydrogen (secondary N) is 1. The second-order valence-corrected chi connectivity index (χ2v) is 4.77. The van der Waals surface area contributed by atoms with Crippen LogP contribution in [0.3, 0.4) is 0 Å². The first-order valence-electron chi connectivity index (χ1n) is 5.75. The largest absolute Gasteiger partial charge is 0.492 e. The van der Waals surface area contributed by atoms with Crippen LogP contribution in [0.4, 0.5) is 0 Å². The highest BCUT2D eigenvalue weighted by atomic mass is 16.5. The molecule has 15 heavy (non-hydrogen) atoms. The van der Waals surface area contributed by atoms with Gasteiger partial charge in [-0.05, 0) is 44.5 Å². The summed E-state index contributed by atoms with van der Waals surface area (Å²) in [5.41, 5.74) is 3.18. The van der Waals surface area contributed by atoms with Gasteiger partial charge in [-0.3, -0.25) is 0 Å². The van der Waals surface area contributed by atoms with E-state index in [9.17, 15) is 0 Å². The molecule has 0 unspecified atom stereocenters. The lowest BCUT2D eigenvalue weighted by Gasteiger charge is -2.33. The zero-order valence-corrected chi connectivity index (χ0v) is 9.18. The van der Waals surface area contributed by atoms with Gasteiger partial charge in [-0.15, -0.1) is 0 Å². The third-order valence-corrected chi connectivity index (χ3v) is 3.83. The first-order valence-corrected chi connectivity index (χ1v) is 5.75. The predicted molar refractivity (Wildman–Crippen MR) is 60.5 cm³/mol. The second-order valence-electron chi connectivity index (χ2n) is 4.77. The number of ether oxygens (including phenoxy) is 1. The van der Waals surface area contributed by atoms with Gasteiger partial charge in [0.05, 0.1) is 6.61 Å². The summed E-state index contributed by atoms with van der Waals surface area (Å²) in [6.07, 6.45) is 2.43. The molecule has 1 spiro atoms. The standard InChI is InChI=1S/C13H17NO/c1-10-3-2-4-11-12(10)13(9-15-11)5-7-14-8-6-13/h2-4,14H,5-9H2,1H3. The van der Waals surface area contributed by atoms with E-state index < -0.39 is 0 Å². The van der Waals surface area contributed by atoms with E-state index in [4.69, 9.17) is 4.74 Å². The summed E-state index contributed by atoms with van der Waals surface area (Å²) >= 11 is 0. The van der Waals surface area contributed by atoms with Gasteiger partial charge in [0.2, 0.25) is 0 Å². The number of piperidine rings is 1. The van der Waals surface area contributed by atoms with E-state index in [0.717, 1.165) is 25.4 Å². The van der Waals surface area contributed by atoms with Crippen molar-refractivity contribution in [2.45, 2.75) is 25.2 Å². The molecular weight excluding hydrogens is 186 g/mol. The number of hydrogen-bond donors (Lipinski definition) is 1. The van der Waals surface area contributed by atoms with E-state index in [1.165, 1.54) is 24.0 Å². The monoisotopic (exact) mass is 203 g/mol. The van der Waals surface area contributed by atoms with Crippen molar-refractivity contribution in [1.82, 2.24) is 5.32 Å². The molecule has 3 rings (SSSR count). The van der Waals surface area contributed by atoms with Crippen molar-refractivity contribution >= 4 is 0 Å². The van der Waals surface area contributed by atoms with Crippen LogP contribution in [0, 0.1) is 6.92 Å². The number of fused-ring (bicyclic) bond motifs is 2. The third-order valence-electron chi connectivity index (χ3n) is 3.83. The summed E-state index contributed by atoms with van der Waals surface area (Å²) in [7, 11) is 0. The maximum Gasteiger partial charge on any atom is 0.123 e. The Balaban J connectivity index is 2.09. The number of aryl methyl sites for hydroxylation is 1. The Kier molecular flexibility index (Phi) is 1.99. The lowest BCUT2D eigenvalue weighted by molar-refractivity contribution is 0.220. The molecule has 2 heterocycles. The van der Waals surface area contributed by atoms with Crippen molar-refractivity contribution in [2.24, 2.45) is 0 Å². The van der Waals surface area contributed by atoms with Crippen LogP contribution in [0.25, 0.3) is 0 Å². The molecule has 0 aromatic heterocycles. The average molecular weight is 203 g/mol. The quantitative estimate of drug-likeness (QED) is 0.696. The van der Waals surface area contributed by atoms with Crippen molar-refractivity contribution in [3.8, 4) is 5.75 Å². The molecule has 0 aliphatic carbocycles. The number of hydrogen-bond acceptors (Lipinski definition) is 2. The van der Waals surface area contributed by atoms with Crippen LogP contribution in [0.5, 0.6) is 5.75 Å². The highest BCUT2D eigenvalue weighted by Gasteiger charge is 2.42. The van der Waals surface area contributed by atoms with Gasteiger partial charge in [0.1, 0.15) is 5.75 Å². The van der Waals surface area contributed by atoms with E-state index in [1.54, 1.807) is 0 Å². The molecule has 1 aromatic rings. The van der Waals surface area contributed by atoms with Crippen LogP contribution in [0.15, 0.2) is 18.2 Å². The summed E-state index contributed by atoms with van der Waals surface area (Å²) in [4.78, 5) is 0. The van der Waals surface area contributed by atoms with Crippen molar-refractivity contribution in [3.05, 3.63) is 29.3 Å². The van der Waals surface area contributed by atoms with E-state index >= 15 is 0 Å². The molecule has 1 aromatic carbocycles. The molecule has 2 nitrogen and oxygen atoms in total. The van der Waals surface area contributed by atoms with Crippen molar-refractivity contribution in [2.75, 3.05) is 19.7 Å². The zero-order valence-electron chi connectivity index (χ0n) is 9.18. The van der Waals surface area contributed by atoms with Crippen molar-refractivity contribution < 1.29 is 4.74 Å². The van der Waals surface area contributed by atoms with Crippen LogP contribution in [-0.4, -0.2) is 19.7 Å². The van der Waals surface area contributed by atoms with E-state index in [2.05, 4.69) is 30.4 Å². The molecule has 1 saturated heterocycles. The Bertz CT molecular complexity index is 375. The first kappa shape index (κ1) is 9.22. The third kappa shape index (κ3) is 1.28. The smallest absolute Gasteiger partial charge is 0.123 e. The molecule has 0 saturated carbocycles. The molecule has 1 N–H and O–H groups in total. The molecule has 0 amide bonds. The van der Waals surface area contributed by atoms with Gasteiger partial charge in [0.15, 0.2) is 0 Å². The lowest BCUT2D eigenvalue weighted by Crippen LogP contribution is -2.41. The van der Waals surface area contributed by atoms with Crippen LogP contribution in [0.2, 0.25) is 0 Å². The maximum atomic E-state index is 5.84. The highest BCUT2D eigenvalue weighted by Crippen LogP contribution is 2.45. The lowest BCUT2D eigenvalue weighted by atomic mass is 9.73. The molecular formula is C13H17NO. The Hall–Kier alpha value is -1.02. The van der Waals surface area contributed by atoms with E-state index in [1.807, 2.05) is 0 Å².